The summed E-state index contributed by atoms with van der Waals surface area (Å²) in [6.45, 7) is 20.1. The molecule has 0 saturated heterocycles. The number of allylic oxidation sites excluding steroid dienone is 4. The van der Waals surface area contributed by atoms with Gasteiger partial charge >= 0.3 is 0 Å². The molecule has 0 aliphatic carbocycles. The van der Waals surface area contributed by atoms with Crippen molar-refractivity contribution in [1.29, 1.82) is 0 Å². The van der Waals surface area contributed by atoms with Crippen LogP contribution in [-0.4, -0.2) is 19.9 Å². The molecule has 0 spiro atoms. The second-order valence-corrected chi connectivity index (χ2v) is 10.5. The fraction of sp³-hybridized carbons (Fsp3) is 0.394. The molecule has 0 atom stereocenters. The third kappa shape index (κ3) is 3.89. The molecule has 2 N–H and O–H groups in total. The van der Waals surface area contributed by atoms with E-state index in [1.807, 2.05) is 0 Å². The third-order valence-electron chi connectivity index (χ3n) is 8.61. The Morgan fingerprint density at radius 3 is 1.27 bits per heavy atom. The lowest BCUT2D eigenvalue weighted by Crippen LogP contribution is -1.87. The summed E-state index contributed by atoms with van der Waals surface area (Å²) in [7, 11) is 0. The minimum Gasteiger partial charge on any atom is -0.355 e. The van der Waals surface area contributed by atoms with Gasteiger partial charge in [0.2, 0.25) is 0 Å². The van der Waals surface area contributed by atoms with E-state index < -0.39 is 0 Å². The monoisotopic (exact) mass is 492 g/mol. The Morgan fingerprint density at radius 2 is 0.919 bits per heavy atom. The highest BCUT2D eigenvalue weighted by Gasteiger charge is 2.21. The predicted octanol–water partition coefficient (Wildman–Crippen LogP) is 9.05. The number of aryl methyl sites for hydroxylation is 5. The molecule has 2 aliphatic rings. The van der Waals surface area contributed by atoms with Crippen molar-refractivity contribution in [3.05, 3.63) is 68.8 Å². The van der Waals surface area contributed by atoms with Gasteiger partial charge in [0.1, 0.15) is 0 Å². The van der Waals surface area contributed by atoms with Crippen molar-refractivity contribution in [3.8, 4) is 0 Å². The van der Waals surface area contributed by atoms with Crippen LogP contribution in [0.3, 0.4) is 0 Å². The van der Waals surface area contributed by atoms with Gasteiger partial charge in [0.05, 0.1) is 22.8 Å². The summed E-state index contributed by atoms with van der Waals surface area (Å²) in [5, 5.41) is 0. The van der Waals surface area contributed by atoms with Crippen LogP contribution < -0.4 is 0 Å². The van der Waals surface area contributed by atoms with Gasteiger partial charge in [0, 0.05) is 22.1 Å². The first-order valence-corrected chi connectivity index (χ1v) is 13.9. The van der Waals surface area contributed by atoms with E-state index in [1.54, 1.807) is 0 Å². The fourth-order valence-electron chi connectivity index (χ4n) is 6.32. The number of fused-ring (bicyclic) bond motifs is 8. The molecular formula is C33H40N4. The van der Waals surface area contributed by atoms with Gasteiger partial charge in [-0.3, -0.25) is 0 Å². The molecule has 0 fully saturated rings. The van der Waals surface area contributed by atoms with Crippen LogP contribution in [0.15, 0.2) is 18.2 Å². The molecule has 5 heterocycles. The van der Waals surface area contributed by atoms with Crippen molar-refractivity contribution >= 4 is 44.4 Å². The molecule has 4 heteroatoms. The standard InChI is InChI=1S/C33H40N4/c1-10-22-17(5)26-14-28-19(7)24(12-3)32(36-28)21(9)33-25(13-4)20(8)29(37-33)15-27-18(6)23(11-2)31(35-27)16-30(22)34-26/h14-16,36-37H,10-13H2,1-9H3. The first kappa shape index (κ1) is 25.3. The maximum Gasteiger partial charge on any atom is 0.0693 e. The molecule has 0 saturated carbocycles. The molecule has 3 aromatic rings. The molecule has 4 nitrogen and oxygen atoms in total. The number of aromatic amines is 2. The van der Waals surface area contributed by atoms with Crippen molar-refractivity contribution in [2.45, 2.75) is 88.0 Å². The number of hydrogen-bond acceptors (Lipinski definition) is 2. The van der Waals surface area contributed by atoms with E-state index in [0.29, 0.717) is 0 Å². The minimum atomic E-state index is 0.949. The molecule has 2 aliphatic heterocycles. The molecule has 0 unspecified atom stereocenters. The van der Waals surface area contributed by atoms with Crippen molar-refractivity contribution in [1.82, 2.24) is 19.9 Å². The summed E-state index contributed by atoms with van der Waals surface area (Å²) in [5.41, 5.74) is 20.7. The first-order chi connectivity index (χ1) is 17.7. The zero-order valence-corrected chi connectivity index (χ0v) is 24.0. The Hall–Kier alpha value is -3.40. The van der Waals surface area contributed by atoms with E-state index in [-0.39, 0.29) is 0 Å². The molecule has 192 valence electrons. The summed E-state index contributed by atoms with van der Waals surface area (Å²) in [6, 6.07) is 6.71. The predicted molar refractivity (Wildman–Crippen MR) is 160 cm³/mol. The van der Waals surface area contributed by atoms with Crippen molar-refractivity contribution in [2.24, 2.45) is 0 Å². The maximum absolute atomic E-state index is 5.16. The van der Waals surface area contributed by atoms with Crippen molar-refractivity contribution in [3.63, 3.8) is 0 Å². The largest absolute Gasteiger partial charge is 0.355 e. The molecule has 3 aromatic heterocycles. The summed E-state index contributed by atoms with van der Waals surface area (Å²) >= 11 is 0. The van der Waals surface area contributed by atoms with Crippen LogP contribution in [0.2, 0.25) is 0 Å². The average molecular weight is 493 g/mol. The van der Waals surface area contributed by atoms with Gasteiger partial charge in [0.25, 0.3) is 0 Å². The molecule has 5 rings (SSSR count). The number of nitrogens with one attached hydrogen (secondary N) is 2. The molecule has 0 amide bonds. The van der Waals surface area contributed by atoms with Gasteiger partial charge in [-0.1, -0.05) is 27.7 Å². The SMILES string of the molecule is CCC1=C(C)c2cc3[nH]c(c(CC)c3C)c(C)c3[nH]c(cc4nc(cc1n2)C(CC)=C4C)c(C)c3CC. The number of rotatable bonds is 4. The van der Waals surface area contributed by atoms with Crippen LogP contribution in [-0.2, 0) is 12.8 Å². The number of H-pyrrole nitrogens is 2. The lowest BCUT2D eigenvalue weighted by molar-refractivity contribution is 1.13. The Morgan fingerprint density at radius 1 is 0.514 bits per heavy atom. The second kappa shape index (κ2) is 9.48. The van der Waals surface area contributed by atoms with Crippen LogP contribution in [0.25, 0.3) is 44.4 Å². The molecule has 0 aromatic carbocycles. The summed E-state index contributed by atoms with van der Waals surface area (Å²) in [4.78, 5) is 17.9. The number of hydrogen-bond donors (Lipinski definition) is 2. The Bertz CT molecular complexity index is 1530. The smallest absolute Gasteiger partial charge is 0.0693 e. The van der Waals surface area contributed by atoms with Gasteiger partial charge in [-0.15, -0.1) is 0 Å². The minimum absolute atomic E-state index is 0.949. The summed E-state index contributed by atoms with van der Waals surface area (Å²) in [5.74, 6) is 0. The second-order valence-electron chi connectivity index (χ2n) is 10.5. The summed E-state index contributed by atoms with van der Waals surface area (Å²) in [6.07, 6.45) is 3.86. The van der Waals surface area contributed by atoms with Crippen LogP contribution in [0.1, 0.15) is 105 Å². The highest BCUT2D eigenvalue weighted by atomic mass is 14.8. The first-order valence-electron chi connectivity index (χ1n) is 13.9. The lowest BCUT2D eigenvalue weighted by Gasteiger charge is -2.02. The van der Waals surface area contributed by atoms with E-state index in [0.717, 1.165) is 59.5 Å². The third-order valence-corrected chi connectivity index (χ3v) is 8.61. The molecule has 0 radical (unpaired) electrons. The van der Waals surface area contributed by atoms with E-state index in [1.165, 1.54) is 61.1 Å². The highest BCUT2D eigenvalue weighted by molar-refractivity contribution is 5.95. The molecular weight excluding hydrogens is 452 g/mol. The van der Waals surface area contributed by atoms with E-state index in [4.69, 9.17) is 9.97 Å². The van der Waals surface area contributed by atoms with E-state index in [2.05, 4.69) is 90.5 Å². The van der Waals surface area contributed by atoms with Crippen LogP contribution in [0.5, 0.6) is 0 Å². The van der Waals surface area contributed by atoms with E-state index >= 15 is 0 Å². The van der Waals surface area contributed by atoms with Crippen molar-refractivity contribution in [2.75, 3.05) is 0 Å². The van der Waals surface area contributed by atoms with Gasteiger partial charge in [0.15, 0.2) is 0 Å². The maximum atomic E-state index is 5.16. The fourth-order valence-corrected chi connectivity index (χ4v) is 6.32. The number of aromatic nitrogens is 4. The Labute approximate surface area is 221 Å². The summed E-state index contributed by atoms with van der Waals surface area (Å²) < 4.78 is 0. The quantitative estimate of drug-likeness (QED) is 0.382. The van der Waals surface area contributed by atoms with Gasteiger partial charge in [-0.05, 0) is 129 Å². The van der Waals surface area contributed by atoms with Crippen molar-refractivity contribution < 1.29 is 0 Å². The average Bonchev–Trinajstić information content (AvgIpc) is 3.56. The molecule has 37 heavy (non-hydrogen) atoms. The normalized spacial score (nSPS) is 13.8. The number of nitrogens with zero attached hydrogens (tertiary/aromatic N) is 2. The van der Waals surface area contributed by atoms with E-state index in [9.17, 15) is 0 Å². The Kier molecular flexibility index (Phi) is 6.47. The van der Waals surface area contributed by atoms with Crippen LogP contribution in [0.4, 0.5) is 0 Å². The molecule has 8 bridgehead atoms. The van der Waals surface area contributed by atoms with Crippen LogP contribution in [0, 0.1) is 20.8 Å². The zero-order valence-electron chi connectivity index (χ0n) is 24.0. The van der Waals surface area contributed by atoms with Gasteiger partial charge in [-0.2, -0.15) is 0 Å². The van der Waals surface area contributed by atoms with Crippen LogP contribution >= 0.6 is 0 Å². The Balaban J connectivity index is 2.04. The van der Waals surface area contributed by atoms with Gasteiger partial charge in [-0.25, -0.2) is 9.97 Å². The topological polar surface area (TPSA) is 57.4 Å². The zero-order chi connectivity index (χ0) is 26.6. The van der Waals surface area contributed by atoms with Gasteiger partial charge < -0.3 is 9.97 Å². The lowest BCUT2D eigenvalue weighted by atomic mass is 10.0. The highest BCUT2D eigenvalue weighted by Crippen LogP contribution is 2.37.